The summed E-state index contributed by atoms with van der Waals surface area (Å²) in [4.78, 5) is 14.4. The second kappa shape index (κ2) is 17.8. The van der Waals surface area contributed by atoms with E-state index in [2.05, 4.69) is 37.0 Å². The number of amidine groups is 1. The van der Waals surface area contributed by atoms with Gasteiger partial charge in [-0.2, -0.15) is 28.0 Å². The fourth-order valence-electron chi connectivity index (χ4n) is 8.97. The van der Waals surface area contributed by atoms with Crippen LogP contribution in [0.25, 0.3) is 0 Å². The number of nitrogens with one attached hydrogen (secondary N) is 1. The van der Waals surface area contributed by atoms with E-state index in [0.29, 0.717) is 8.97 Å². The van der Waals surface area contributed by atoms with Gasteiger partial charge in [0.1, 0.15) is 12.1 Å². The molecule has 2 unspecified atom stereocenters. The van der Waals surface area contributed by atoms with Gasteiger partial charge in [-0.3, -0.25) is 9.36 Å². The summed E-state index contributed by atoms with van der Waals surface area (Å²) >= 11 is 0. The second-order valence-electron chi connectivity index (χ2n) is 18.8. The molecule has 4 aromatic rings. The molecule has 62 heavy (non-hydrogen) atoms. The van der Waals surface area contributed by atoms with Crippen molar-refractivity contribution in [2.75, 3.05) is 47.6 Å². The molecule has 0 bridgehead atoms. The molecule has 4 aliphatic rings. The number of hydrogen-bond acceptors (Lipinski definition) is 9. The molecule has 0 amide bonds. The Morgan fingerprint density at radius 1 is 0.694 bits per heavy atom. The van der Waals surface area contributed by atoms with Crippen LogP contribution in [0.2, 0.25) is 0 Å². The van der Waals surface area contributed by atoms with Crippen molar-refractivity contribution >= 4 is 43.5 Å². The lowest BCUT2D eigenvalue weighted by Gasteiger charge is -2.31. The van der Waals surface area contributed by atoms with Gasteiger partial charge in [-0.25, -0.2) is 18.4 Å². The molecule has 0 aliphatic heterocycles. The number of anilines is 1. The zero-order valence-corrected chi connectivity index (χ0v) is 39.5. The summed E-state index contributed by atoms with van der Waals surface area (Å²) in [6, 6.07) is 6.94. The lowest BCUT2D eigenvalue weighted by Crippen LogP contribution is -2.38. The fraction of sp³-hybridized carbons (Fsp3) is 0.545. The van der Waals surface area contributed by atoms with Gasteiger partial charge in [-0.15, -0.1) is 0 Å². The third-order valence-electron chi connectivity index (χ3n) is 13.0. The van der Waals surface area contributed by atoms with Crippen molar-refractivity contribution in [1.82, 2.24) is 19.6 Å². The predicted molar refractivity (Wildman–Crippen MR) is 238 cm³/mol. The number of aryl methyl sites for hydroxylation is 6. The highest BCUT2D eigenvalue weighted by Gasteiger charge is 2.30. The summed E-state index contributed by atoms with van der Waals surface area (Å²) in [5.41, 5.74) is 13.6. The van der Waals surface area contributed by atoms with Crippen LogP contribution in [0.5, 0.6) is 0 Å². The Morgan fingerprint density at radius 2 is 1.08 bits per heavy atom. The van der Waals surface area contributed by atoms with E-state index in [9.17, 15) is 26.7 Å². The van der Waals surface area contributed by atoms with Gasteiger partial charge < -0.3 is 19.4 Å². The highest BCUT2D eigenvalue weighted by molar-refractivity contribution is 7.90. The molecule has 0 radical (unpaired) electrons. The maximum Gasteiger partial charge on any atom is 0.302 e. The van der Waals surface area contributed by atoms with Gasteiger partial charge in [-0.05, 0) is 135 Å². The number of aliphatic imine (C=N–C) groups is 1. The Kier molecular flexibility index (Phi) is 13.4. The number of carbonyl (C=O) groups excluding carboxylic acids is 1. The van der Waals surface area contributed by atoms with Crippen LogP contribution >= 0.6 is 0 Å². The van der Waals surface area contributed by atoms with E-state index >= 15 is 0 Å². The summed E-state index contributed by atoms with van der Waals surface area (Å²) in [5.74, 6) is 0. The van der Waals surface area contributed by atoms with Crippen molar-refractivity contribution < 1.29 is 35.7 Å². The summed E-state index contributed by atoms with van der Waals surface area (Å²) < 4.78 is 55.9. The maximum absolute atomic E-state index is 12.8. The third-order valence-corrected chi connectivity index (χ3v) is 14.9. The molecule has 0 saturated heterocycles. The molecule has 0 spiro atoms. The van der Waals surface area contributed by atoms with Crippen molar-refractivity contribution in [3.8, 4) is 0 Å². The lowest BCUT2D eigenvalue weighted by molar-refractivity contribution is -0.900. The van der Waals surface area contributed by atoms with E-state index in [-0.39, 0.29) is 22.1 Å². The van der Waals surface area contributed by atoms with Crippen LogP contribution in [-0.2, 0) is 90.3 Å². The molecule has 8 rings (SSSR count). The van der Waals surface area contributed by atoms with E-state index in [0.717, 1.165) is 98.1 Å². The molecule has 16 nitrogen and oxygen atoms in total. The van der Waals surface area contributed by atoms with E-state index in [4.69, 9.17) is 5.14 Å². The minimum atomic E-state index is -4.21. The summed E-state index contributed by atoms with van der Waals surface area (Å²) in [6.45, 7) is 4.03. The Balaban J connectivity index is 0.000000173. The Bertz CT molecular complexity index is 2600. The Labute approximate surface area is 366 Å². The van der Waals surface area contributed by atoms with Crippen molar-refractivity contribution in [3.63, 3.8) is 0 Å². The molecule has 336 valence electrons. The zero-order valence-electron chi connectivity index (χ0n) is 37.9. The summed E-state index contributed by atoms with van der Waals surface area (Å²) in [5, 5.41) is 28.3. The number of benzene rings is 2. The summed E-state index contributed by atoms with van der Waals surface area (Å²) in [6.07, 6.45) is 14.5. The summed E-state index contributed by atoms with van der Waals surface area (Å²) in [7, 11) is 7.68. The van der Waals surface area contributed by atoms with Gasteiger partial charge in [0, 0.05) is 31.9 Å². The number of primary sulfonamides is 1. The highest BCUT2D eigenvalue weighted by atomic mass is 32.2. The van der Waals surface area contributed by atoms with Crippen LogP contribution in [0, 0.1) is 0 Å². The highest BCUT2D eigenvalue weighted by Crippen LogP contribution is 2.41. The zero-order chi connectivity index (χ0) is 45.5. The van der Waals surface area contributed by atoms with Crippen LogP contribution < -0.4 is 15.6 Å². The molecule has 2 aromatic carbocycles. The number of hydrogen-bond donors (Lipinski definition) is 2. The van der Waals surface area contributed by atoms with Crippen molar-refractivity contribution in [2.45, 2.75) is 113 Å². The molecule has 0 saturated carbocycles. The molecule has 4 aliphatic carbocycles. The van der Waals surface area contributed by atoms with Gasteiger partial charge in [0.05, 0.1) is 65.4 Å². The first-order valence-electron chi connectivity index (χ1n) is 21.3. The quantitative estimate of drug-likeness (QED) is 0.107. The molecular formula is C44H63N10O6S2+. The first-order chi connectivity index (χ1) is 28.9. The minimum Gasteiger partial charge on any atom is -0.845 e. The van der Waals surface area contributed by atoms with Crippen LogP contribution in [0.1, 0.15) is 108 Å². The number of rotatable bonds is 9. The number of sulfonamides is 2. The number of nitrogens with two attached hydrogens (primary N) is 1. The molecule has 2 heterocycles. The molecule has 18 heteroatoms. The molecule has 2 atom stereocenters. The van der Waals surface area contributed by atoms with E-state index < -0.39 is 26.1 Å². The standard InChI is InChI=1S/C22H31N5O3S.C13H13NO.C9H19N4O2S/c1-14(27(3,4)5)19-13-20(24-26(19)2)31(29,30)25-22(28)23-21-17-10-6-8-15(17)12-16-9-7-11-18(16)21;15-8-14-13-11-5-1-3-9(11)7-10-4-2-6-12(10)13;1-7(13(3,4)5)8-6-9(11-12(8)2)16(10,14)15/h12-14H,6-11H2,1-5H3,(H-,23,25,28);7H,1-6H2;6-7H,1-5H3,(H2,10,14,15)/q;;+1. The molecule has 0 fully saturated rings. The van der Waals surface area contributed by atoms with Crippen molar-refractivity contribution in [3.05, 3.63) is 80.2 Å². The average Bonchev–Trinajstić information content (AvgIpc) is 4.02. The van der Waals surface area contributed by atoms with E-state index in [1.807, 2.05) is 56.1 Å². The Morgan fingerprint density at radius 3 is 1.47 bits per heavy atom. The SMILES string of the molecule is CC(c1cc(S(=O)(=O)N=C([O-])Nc2c3c(cc4c2CCC4)CCC3)nn1C)[N+](C)(C)C.CC(c1cc(S(N)(=O)=O)nn1C)[N+](C)(C)C.O=C=Nc1c2c(cc3c1CCC3)CCC2. The monoisotopic (exact) mass is 891 g/mol. The number of quaternary nitrogens is 2. The van der Waals surface area contributed by atoms with E-state index in [1.165, 1.54) is 58.4 Å². The average molecular weight is 892 g/mol. The largest absolute Gasteiger partial charge is 0.845 e. The van der Waals surface area contributed by atoms with Gasteiger partial charge in [0.15, 0.2) is 10.1 Å². The predicted octanol–water partition coefficient (Wildman–Crippen LogP) is 4.15. The molecular weight excluding hydrogens is 829 g/mol. The first kappa shape index (κ1) is 46.8. The van der Waals surface area contributed by atoms with Crippen molar-refractivity contribution in [1.29, 1.82) is 0 Å². The number of nitrogens with zero attached hydrogens (tertiary/aromatic N) is 8. The molecule has 2 aromatic heterocycles. The van der Waals surface area contributed by atoms with Crippen LogP contribution in [0.3, 0.4) is 0 Å². The fourth-order valence-corrected chi connectivity index (χ4v) is 10.3. The van der Waals surface area contributed by atoms with Crippen molar-refractivity contribution in [2.24, 2.45) is 28.6 Å². The van der Waals surface area contributed by atoms with Gasteiger partial charge in [0.2, 0.25) is 6.08 Å². The number of fused-ring (bicyclic) bond motifs is 4. The van der Waals surface area contributed by atoms with Gasteiger partial charge in [-0.1, -0.05) is 12.1 Å². The van der Waals surface area contributed by atoms with Gasteiger partial charge >= 0.3 is 10.0 Å². The minimum absolute atomic E-state index is 0.0183. The third kappa shape index (κ3) is 10.1. The van der Waals surface area contributed by atoms with Crippen LogP contribution in [-0.4, -0.2) is 99.8 Å². The topological polar surface area (TPSA) is 207 Å². The maximum atomic E-state index is 12.8. The number of isocyanates is 1. The first-order valence-corrected chi connectivity index (χ1v) is 24.3. The van der Waals surface area contributed by atoms with E-state index in [1.54, 1.807) is 29.5 Å². The lowest BCUT2D eigenvalue weighted by atomic mass is 9.99. The smallest absolute Gasteiger partial charge is 0.302 e. The number of aromatic nitrogens is 4. The Hall–Kier alpha value is -4.71. The second-order valence-corrected chi connectivity index (χ2v) is 21.9. The van der Waals surface area contributed by atoms with Crippen LogP contribution in [0.4, 0.5) is 11.4 Å². The normalized spacial score (nSPS) is 16.8. The van der Waals surface area contributed by atoms with Crippen LogP contribution in [0.15, 0.2) is 43.7 Å². The van der Waals surface area contributed by atoms with Gasteiger partial charge in [0.25, 0.3) is 10.0 Å². The molecule has 3 N–H and O–H groups in total.